The highest BCUT2D eigenvalue weighted by Crippen LogP contribution is 2.29. The number of nitrogens with zero attached hydrogens (tertiary/aromatic N) is 2. The molecule has 0 aromatic carbocycles. The van der Waals surface area contributed by atoms with E-state index in [1.54, 1.807) is 18.6 Å². The number of ether oxygens (including phenoxy) is 1. The van der Waals surface area contributed by atoms with Crippen molar-refractivity contribution >= 4 is 0 Å². The molecule has 4 nitrogen and oxygen atoms in total. The van der Waals surface area contributed by atoms with Crippen molar-refractivity contribution in [2.24, 2.45) is 5.92 Å². The van der Waals surface area contributed by atoms with Crippen LogP contribution in [-0.4, -0.2) is 27.8 Å². The van der Waals surface area contributed by atoms with Crippen LogP contribution >= 0.6 is 0 Å². The van der Waals surface area contributed by atoms with Gasteiger partial charge in [-0.05, 0) is 12.3 Å². The molecular weight excluding hydrogens is 180 g/mol. The van der Waals surface area contributed by atoms with Crippen LogP contribution in [0.4, 0.5) is 0 Å². The first kappa shape index (κ1) is 9.55. The number of rotatable bonds is 2. The summed E-state index contributed by atoms with van der Waals surface area (Å²) in [4.78, 5) is 7.99. The number of aliphatic hydroxyl groups is 1. The van der Waals surface area contributed by atoms with Gasteiger partial charge in [-0.1, -0.05) is 6.92 Å². The lowest BCUT2D eigenvalue weighted by atomic mass is 9.98. The van der Waals surface area contributed by atoms with Gasteiger partial charge in [-0.15, -0.1) is 0 Å². The Morgan fingerprint density at radius 1 is 1.57 bits per heavy atom. The van der Waals surface area contributed by atoms with Crippen molar-refractivity contribution in [1.82, 2.24) is 9.97 Å². The summed E-state index contributed by atoms with van der Waals surface area (Å²) < 4.78 is 5.46. The van der Waals surface area contributed by atoms with Crippen molar-refractivity contribution in [3.05, 3.63) is 24.3 Å². The minimum Gasteiger partial charge on any atom is -0.384 e. The maximum absolute atomic E-state index is 9.96. The van der Waals surface area contributed by atoms with E-state index >= 15 is 0 Å². The van der Waals surface area contributed by atoms with Gasteiger partial charge in [-0.3, -0.25) is 9.97 Å². The van der Waals surface area contributed by atoms with Gasteiger partial charge in [0.05, 0.1) is 18.0 Å². The summed E-state index contributed by atoms with van der Waals surface area (Å²) in [6, 6.07) is 0. The minimum absolute atomic E-state index is 0.133. The molecule has 1 aliphatic rings. The van der Waals surface area contributed by atoms with E-state index in [4.69, 9.17) is 4.74 Å². The Kier molecular flexibility index (Phi) is 2.74. The maximum Gasteiger partial charge on any atom is 0.124 e. The first-order valence-electron chi connectivity index (χ1n) is 4.84. The van der Waals surface area contributed by atoms with Crippen LogP contribution in [0.25, 0.3) is 0 Å². The molecule has 0 amide bonds. The van der Waals surface area contributed by atoms with Crippen molar-refractivity contribution in [2.75, 3.05) is 6.61 Å². The van der Waals surface area contributed by atoms with E-state index < -0.39 is 6.10 Å². The topological polar surface area (TPSA) is 55.2 Å². The van der Waals surface area contributed by atoms with Gasteiger partial charge in [0.2, 0.25) is 0 Å². The van der Waals surface area contributed by atoms with Crippen LogP contribution in [0.2, 0.25) is 0 Å². The zero-order valence-electron chi connectivity index (χ0n) is 8.13. The number of aliphatic hydroxyl groups excluding tert-OH is 1. The van der Waals surface area contributed by atoms with Gasteiger partial charge in [0.15, 0.2) is 0 Å². The monoisotopic (exact) mass is 194 g/mol. The summed E-state index contributed by atoms with van der Waals surface area (Å²) in [6.45, 7) is 2.81. The largest absolute Gasteiger partial charge is 0.384 e. The number of hydrogen-bond acceptors (Lipinski definition) is 4. The lowest BCUT2D eigenvalue weighted by Gasteiger charge is -2.20. The molecule has 0 spiro atoms. The quantitative estimate of drug-likeness (QED) is 0.761. The average molecular weight is 194 g/mol. The lowest BCUT2D eigenvalue weighted by Crippen LogP contribution is -2.23. The van der Waals surface area contributed by atoms with Crippen molar-refractivity contribution in [3.63, 3.8) is 0 Å². The van der Waals surface area contributed by atoms with Gasteiger partial charge in [-0.25, -0.2) is 0 Å². The molecule has 0 bridgehead atoms. The van der Waals surface area contributed by atoms with E-state index in [2.05, 4.69) is 16.9 Å². The molecule has 0 saturated carbocycles. The van der Waals surface area contributed by atoms with E-state index in [0.29, 0.717) is 11.6 Å². The molecule has 1 N–H and O–H groups in total. The molecule has 3 atom stereocenters. The molecule has 2 rings (SSSR count). The first-order valence-corrected chi connectivity index (χ1v) is 4.84. The second-order valence-electron chi connectivity index (χ2n) is 3.68. The second kappa shape index (κ2) is 4.02. The minimum atomic E-state index is -0.652. The molecule has 1 saturated heterocycles. The van der Waals surface area contributed by atoms with Crippen molar-refractivity contribution in [1.29, 1.82) is 0 Å². The van der Waals surface area contributed by atoms with Crippen LogP contribution in [0, 0.1) is 5.92 Å². The number of hydrogen-bond donors (Lipinski definition) is 1. The summed E-state index contributed by atoms with van der Waals surface area (Å²) in [5, 5.41) is 9.96. The third-order valence-corrected chi connectivity index (χ3v) is 2.64. The Labute approximate surface area is 83.0 Å². The molecule has 3 unspecified atom stereocenters. The summed E-state index contributed by atoms with van der Waals surface area (Å²) in [6.07, 6.45) is 4.97. The molecule has 14 heavy (non-hydrogen) atoms. The highest BCUT2D eigenvalue weighted by atomic mass is 16.5. The van der Waals surface area contributed by atoms with Gasteiger partial charge >= 0.3 is 0 Å². The van der Waals surface area contributed by atoms with Gasteiger partial charge < -0.3 is 9.84 Å². The Morgan fingerprint density at radius 3 is 3.00 bits per heavy atom. The molecular formula is C10H14N2O2. The summed E-state index contributed by atoms with van der Waals surface area (Å²) in [5.41, 5.74) is 0.589. The van der Waals surface area contributed by atoms with Crippen LogP contribution in [0.5, 0.6) is 0 Å². The highest BCUT2D eigenvalue weighted by Gasteiger charge is 2.32. The summed E-state index contributed by atoms with van der Waals surface area (Å²) in [5.74, 6) is 0.381. The zero-order valence-corrected chi connectivity index (χ0v) is 8.13. The highest BCUT2D eigenvalue weighted by molar-refractivity contribution is 5.03. The predicted octanol–water partition coefficient (Wildman–Crippen LogP) is 0.935. The predicted molar refractivity (Wildman–Crippen MR) is 50.5 cm³/mol. The molecule has 1 fully saturated rings. The van der Waals surface area contributed by atoms with E-state index in [0.717, 1.165) is 13.0 Å². The van der Waals surface area contributed by atoms with Crippen LogP contribution < -0.4 is 0 Å². The van der Waals surface area contributed by atoms with Gasteiger partial charge in [-0.2, -0.15) is 0 Å². The Bertz CT molecular complexity index is 291. The van der Waals surface area contributed by atoms with Gasteiger partial charge in [0.25, 0.3) is 0 Å². The molecule has 1 aromatic heterocycles. The van der Waals surface area contributed by atoms with Crippen molar-refractivity contribution in [3.8, 4) is 0 Å². The molecule has 0 radical (unpaired) electrons. The summed E-state index contributed by atoms with van der Waals surface area (Å²) >= 11 is 0. The van der Waals surface area contributed by atoms with Crippen molar-refractivity contribution < 1.29 is 9.84 Å². The maximum atomic E-state index is 9.96. The fourth-order valence-electron chi connectivity index (χ4n) is 1.75. The molecule has 1 aromatic rings. The molecule has 0 aliphatic carbocycles. The Morgan fingerprint density at radius 2 is 2.43 bits per heavy atom. The average Bonchev–Trinajstić information content (AvgIpc) is 2.65. The SMILES string of the molecule is CC1CCOC1C(O)c1cnccn1. The molecule has 76 valence electrons. The van der Waals surface area contributed by atoms with Crippen LogP contribution in [0.3, 0.4) is 0 Å². The zero-order chi connectivity index (χ0) is 9.97. The fraction of sp³-hybridized carbons (Fsp3) is 0.600. The molecule has 1 aliphatic heterocycles. The van der Waals surface area contributed by atoms with E-state index in [1.165, 1.54) is 0 Å². The van der Waals surface area contributed by atoms with E-state index in [-0.39, 0.29) is 6.10 Å². The molecule has 2 heterocycles. The third-order valence-electron chi connectivity index (χ3n) is 2.64. The first-order chi connectivity index (χ1) is 6.79. The number of aromatic nitrogens is 2. The van der Waals surface area contributed by atoms with Crippen LogP contribution in [0.15, 0.2) is 18.6 Å². The third kappa shape index (κ3) is 1.76. The Balaban J connectivity index is 2.12. The normalized spacial score (nSPS) is 29.0. The fourth-order valence-corrected chi connectivity index (χ4v) is 1.75. The Hall–Kier alpha value is -1.00. The standard InChI is InChI=1S/C10H14N2O2/c1-7-2-5-14-10(7)9(13)8-6-11-3-4-12-8/h3-4,6-7,9-10,13H,2,5H2,1H3. The second-order valence-corrected chi connectivity index (χ2v) is 3.68. The van der Waals surface area contributed by atoms with Crippen LogP contribution in [0.1, 0.15) is 25.1 Å². The summed E-state index contributed by atoms with van der Waals surface area (Å²) in [7, 11) is 0. The smallest absolute Gasteiger partial charge is 0.124 e. The van der Waals surface area contributed by atoms with E-state index in [9.17, 15) is 5.11 Å². The van der Waals surface area contributed by atoms with E-state index in [1.807, 2.05) is 0 Å². The van der Waals surface area contributed by atoms with Crippen LogP contribution in [-0.2, 0) is 4.74 Å². The van der Waals surface area contributed by atoms with Gasteiger partial charge in [0, 0.05) is 19.0 Å². The van der Waals surface area contributed by atoms with Crippen molar-refractivity contribution in [2.45, 2.75) is 25.6 Å². The molecule has 4 heteroatoms. The lowest BCUT2D eigenvalue weighted by molar-refractivity contribution is -0.0200. The van der Waals surface area contributed by atoms with Gasteiger partial charge in [0.1, 0.15) is 6.10 Å².